The lowest BCUT2D eigenvalue weighted by atomic mass is 9.98. The molecule has 0 radical (unpaired) electrons. The minimum absolute atomic E-state index is 0.119. The van der Waals surface area contributed by atoms with E-state index in [2.05, 4.69) is 0 Å². The molecule has 3 aromatic rings. The van der Waals surface area contributed by atoms with Gasteiger partial charge in [-0.05, 0) is 53.6 Å². The fourth-order valence-electron chi connectivity index (χ4n) is 3.04. The number of carbonyl (C=O) groups is 1. The van der Waals surface area contributed by atoms with Gasteiger partial charge in [0.05, 0.1) is 27.2 Å². The van der Waals surface area contributed by atoms with Crippen molar-refractivity contribution in [3.8, 4) is 17.2 Å². The van der Waals surface area contributed by atoms with Crippen LogP contribution in [-0.4, -0.2) is 27.3 Å². The molecule has 3 aromatic carbocycles. The second-order valence-electron chi connectivity index (χ2n) is 6.48. The first-order valence-electron chi connectivity index (χ1n) is 9.01. The maximum atomic E-state index is 12.6. The lowest BCUT2D eigenvalue weighted by Crippen LogP contribution is -2.13. The number of esters is 1. The summed E-state index contributed by atoms with van der Waals surface area (Å²) >= 11 is 0. The Bertz CT molecular complexity index is 980. The molecular weight excluding hydrogens is 356 g/mol. The molecule has 0 aliphatic carbocycles. The Morgan fingerprint density at radius 3 is 2.18 bits per heavy atom. The number of methoxy groups -OCH3 is 3. The summed E-state index contributed by atoms with van der Waals surface area (Å²) in [7, 11) is 4.82. The number of ether oxygens (including phenoxy) is 4. The summed E-state index contributed by atoms with van der Waals surface area (Å²) in [6, 6.07) is 17.2. The van der Waals surface area contributed by atoms with E-state index in [0.29, 0.717) is 11.5 Å². The van der Waals surface area contributed by atoms with Crippen molar-refractivity contribution in [2.24, 2.45) is 0 Å². The van der Waals surface area contributed by atoms with Crippen LogP contribution in [-0.2, 0) is 16.1 Å². The fraction of sp³-hybridized carbons (Fsp3) is 0.261. The van der Waals surface area contributed by atoms with Gasteiger partial charge in [0.2, 0.25) is 0 Å². The molecule has 0 aliphatic rings. The number of hydrogen-bond donors (Lipinski definition) is 0. The molecule has 146 valence electrons. The Balaban J connectivity index is 1.73. The summed E-state index contributed by atoms with van der Waals surface area (Å²) in [4.78, 5) is 12.6. The molecule has 3 rings (SSSR count). The van der Waals surface area contributed by atoms with E-state index >= 15 is 0 Å². The van der Waals surface area contributed by atoms with Crippen molar-refractivity contribution >= 4 is 16.7 Å². The SMILES string of the molecule is COc1ccc(OC)c(COC(=O)C(C)c2ccc3cc(OC)ccc3c2)c1. The molecule has 1 unspecified atom stereocenters. The summed E-state index contributed by atoms with van der Waals surface area (Å²) in [6.07, 6.45) is 0. The second kappa shape index (κ2) is 8.65. The van der Waals surface area contributed by atoms with Crippen molar-refractivity contribution in [1.29, 1.82) is 0 Å². The molecule has 0 fully saturated rings. The molecule has 0 saturated heterocycles. The molecule has 0 aromatic heterocycles. The van der Waals surface area contributed by atoms with Crippen LogP contribution >= 0.6 is 0 Å². The molecule has 1 atom stereocenters. The van der Waals surface area contributed by atoms with Crippen LogP contribution < -0.4 is 14.2 Å². The fourth-order valence-corrected chi connectivity index (χ4v) is 3.04. The predicted molar refractivity (Wildman–Crippen MR) is 108 cm³/mol. The van der Waals surface area contributed by atoms with Crippen molar-refractivity contribution < 1.29 is 23.7 Å². The highest BCUT2D eigenvalue weighted by molar-refractivity contribution is 5.86. The first-order valence-corrected chi connectivity index (χ1v) is 9.01. The highest BCUT2D eigenvalue weighted by atomic mass is 16.5. The topological polar surface area (TPSA) is 54.0 Å². The summed E-state index contributed by atoms with van der Waals surface area (Å²) in [5.41, 5.74) is 1.66. The maximum absolute atomic E-state index is 12.6. The van der Waals surface area contributed by atoms with E-state index in [-0.39, 0.29) is 18.5 Å². The summed E-state index contributed by atoms with van der Waals surface area (Å²) < 4.78 is 21.4. The number of hydrogen-bond acceptors (Lipinski definition) is 5. The van der Waals surface area contributed by atoms with E-state index in [9.17, 15) is 4.79 Å². The third-order valence-corrected chi connectivity index (χ3v) is 4.78. The summed E-state index contributed by atoms with van der Waals surface area (Å²) in [5.74, 6) is 1.46. The predicted octanol–water partition coefficient (Wildman–Crippen LogP) is 4.71. The molecule has 5 heteroatoms. The average molecular weight is 380 g/mol. The van der Waals surface area contributed by atoms with Crippen LogP contribution in [0, 0.1) is 0 Å². The monoisotopic (exact) mass is 380 g/mol. The zero-order valence-electron chi connectivity index (χ0n) is 16.5. The van der Waals surface area contributed by atoms with Crippen LogP contribution in [0.15, 0.2) is 54.6 Å². The van der Waals surface area contributed by atoms with E-state index in [1.807, 2.05) is 43.3 Å². The number of rotatable bonds is 7. The van der Waals surface area contributed by atoms with Crippen LogP contribution in [0.2, 0.25) is 0 Å². The molecule has 0 heterocycles. The normalized spacial score (nSPS) is 11.7. The van der Waals surface area contributed by atoms with Crippen molar-refractivity contribution in [2.45, 2.75) is 19.4 Å². The highest BCUT2D eigenvalue weighted by Crippen LogP contribution is 2.28. The first-order chi connectivity index (χ1) is 13.5. The van der Waals surface area contributed by atoms with Gasteiger partial charge in [-0.1, -0.05) is 24.3 Å². The summed E-state index contributed by atoms with van der Waals surface area (Å²) in [5, 5.41) is 2.11. The minimum atomic E-state index is -0.386. The van der Waals surface area contributed by atoms with Crippen LogP contribution in [0.1, 0.15) is 24.0 Å². The lowest BCUT2D eigenvalue weighted by molar-refractivity contribution is -0.146. The largest absolute Gasteiger partial charge is 0.497 e. The molecular formula is C23H24O5. The van der Waals surface area contributed by atoms with Crippen molar-refractivity contribution in [3.05, 3.63) is 65.7 Å². The molecule has 0 spiro atoms. The molecule has 28 heavy (non-hydrogen) atoms. The first kappa shape index (κ1) is 19.5. The summed E-state index contributed by atoms with van der Waals surface area (Å²) in [6.45, 7) is 1.96. The van der Waals surface area contributed by atoms with E-state index < -0.39 is 0 Å². The van der Waals surface area contributed by atoms with E-state index in [0.717, 1.165) is 27.6 Å². The zero-order chi connectivity index (χ0) is 20.1. The minimum Gasteiger partial charge on any atom is -0.497 e. The maximum Gasteiger partial charge on any atom is 0.313 e. The standard InChI is InChI=1S/C23H24O5/c1-15(16-5-6-18-12-20(25-2)8-7-17(18)11-16)23(24)28-14-19-13-21(26-3)9-10-22(19)27-4/h5-13,15H,14H2,1-4H3. The van der Waals surface area contributed by atoms with Gasteiger partial charge in [-0.15, -0.1) is 0 Å². The Morgan fingerprint density at radius 2 is 1.46 bits per heavy atom. The van der Waals surface area contributed by atoms with Gasteiger partial charge >= 0.3 is 5.97 Å². The van der Waals surface area contributed by atoms with Crippen LogP contribution in [0.25, 0.3) is 10.8 Å². The van der Waals surface area contributed by atoms with Gasteiger partial charge in [-0.3, -0.25) is 4.79 Å². The van der Waals surface area contributed by atoms with E-state index in [1.54, 1.807) is 39.5 Å². The van der Waals surface area contributed by atoms with Gasteiger partial charge in [0, 0.05) is 5.56 Å². The van der Waals surface area contributed by atoms with Crippen molar-refractivity contribution in [3.63, 3.8) is 0 Å². The van der Waals surface area contributed by atoms with E-state index in [4.69, 9.17) is 18.9 Å². The Hall–Kier alpha value is -3.21. The smallest absolute Gasteiger partial charge is 0.313 e. The van der Waals surface area contributed by atoms with Gasteiger partial charge in [-0.25, -0.2) is 0 Å². The Kier molecular flexibility index (Phi) is 6.04. The third kappa shape index (κ3) is 4.19. The van der Waals surface area contributed by atoms with Crippen molar-refractivity contribution in [1.82, 2.24) is 0 Å². The lowest BCUT2D eigenvalue weighted by Gasteiger charge is -2.15. The quantitative estimate of drug-likeness (QED) is 0.556. The van der Waals surface area contributed by atoms with Crippen LogP contribution in [0.5, 0.6) is 17.2 Å². The second-order valence-corrected chi connectivity index (χ2v) is 6.48. The van der Waals surface area contributed by atoms with E-state index in [1.165, 1.54) is 0 Å². The molecule has 0 bridgehead atoms. The molecule has 5 nitrogen and oxygen atoms in total. The number of carbonyl (C=O) groups excluding carboxylic acids is 1. The number of fused-ring (bicyclic) bond motifs is 1. The van der Waals surface area contributed by atoms with Crippen LogP contribution in [0.3, 0.4) is 0 Å². The van der Waals surface area contributed by atoms with Crippen LogP contribution in [0.4, 0.5) is 0 Å². The molecule has 0 aliphatic heterocycles. The average Bonchev–Trinajstić information content (AvgIpc) is 2.75. The van der Waals surface area contributed by atoms with Gasteiger partial charge in [-0.2, -0.15) is 0 Å². The molecule has 0 saturated carbocycles. The highest BCUT2D eigenvalue weighted by Gasteiger charge is 2.18. The molecule has 0 amide bonds. The van der Waals surface area contributed by atoms with Gasteiger partial charge in [0.25, 0.3) is 0 Å². The Labute approximate surface area is 164 Å². The number of benzene rings is 3. The van der Waals surface area contributed by atoms with Gasteiger partial charge in [0.15, 0.2) is 0 Å². The molecule has 0 N–H and O–H groups in total. The zero-order valence-corrected chi connectivity index (χ0v) is 16.5. The van der Waals surface area contributed by atoms with Crippen molar-refractivity contribution in [2.75, 3.05) is 21.3 Å². The van der Waals surface area contributed by atoms with Gasteiger partial charge < -0.3 is 18.9 Å². The van der Waals surface area contributed by atoms with Gasteiger partial charge in [0.1, 0.15) is 23.9 Å². The third-order valence-electron chi connectivity index (χ3n) is 4.78. The Morgan fingerprint density at radius 1 is 0.821 bits per heavy atom.